The second kappa shape index (κ2) is 4.61. The number of hydrogen-bond donors (Lipinski definition) is 1. The van der Waals surface area contributed by atoms with E-state index in [9.17, 15) is 4.79 Å². The molecule has 0 saturated heterocycles. The van der Waals surface area contributed by atoms with Gasteiger partial charge in [0.15, 0.2) is 11.5 Å². The second-order valence-electron chi connectivity index (χ2n) is 4.41. The number of halogens is 1. The number of nitrogens with zero attached hydrogens (tertiary/aromatic N) is 3. The number of pyridine rings is 1. The molecule has 6 heteroatoms. The van der Waals surface area contributed by atoms with E-state index in [0.29, 0.717) is 16.5 Å². The van der Waals surface area contributed by atoms with E-state index in [1.165, 1.54) is 12.3 Å². The molecule has 0 aliphatic carbocycles. The molecule has 0 aliphatic rings. The van der Waals surface area contributed by atoms with Crippen LogP contribution in [0.2, 0.25) is 5.02 Å². The van der Waals surface area contributed by atoms with Crippen LogP contribution >= 0.6 is 11.6 Å². The van der Waals surface area contributed by atoms with Crippen molar-refractivity contribution < 1.29 is 9.90 Å². The Labute approximate surface area is 119 Å². The largest absolute Gasteiger partial charge is 0.478 e. The first-order valence-electron chi connectivity index (χ1n) is 5.91. The molecule has 1 aromatic carbocycles. The standard InChI is InChI=1S/C14H10ClN3O2/c1-8-3-2-4-10(12(8)15)13-17-16-11-6-5-9(14(19)20)7-18(11)13/h2-7H,1H3,(H,19,20). The van der Waals surface area contributed by atoms with Gasteiger partial charge in [0, 0.05) is 11.8 Å². The predicted octanol–water partition coefficient (Wildman–Crippen LogP) is 3.06. The van der Waals surface area contributed by atoms with Crippen LogP contribution in [0, 0.1) is 6.92 Å². The molecule has 0 saturated carbocycles. The summed E-state index contributed by atoms with van der Waals surface area (Å²) in [5, 5.41) is 17.8. The lowest BCUT2D eigenvalue weighted by Crippen LogP contribution is -1.99. The van der Waals surface area contributed by atoms with Gasteiger partial charge < -0.3 is 5.11 Å². The molecule has 2 heterocycles. The fourth-order valence-corrected chi connectivity index (χ4v) is 2.23. The van der Waals surface area contributed by atoms with Crippen LogP contribution in [-0.2, 0) is 0 Å². The number of benzene rings is 1. The van der Waals surface area contributed by atoms with E-state index in [2.05, 4.69) is 10.2 Å². The zero-order chi connectivity index (χ0) is 14.3. The molecule has 3 aromatic rings. The van der Waals surface area contributed by atoms with Gasteiger partial charge in [-0.2, -0.15) is 0 Å². The van der Waals surface area contributed by atoms with E-state index >= 15 is 0 Å². The van der Waals surface area contributed by atoms with Gasteiger partial charge >= 0.3 is 5.97 Å². The summed E-state index contributed by atoms with van der Waals surface area (Å²) in [5.74, 6) is -0.473. The van der Waals surface area contributed by atoms with Crippen LogP contribution in [0.1, 0.15) is 15.9 Å². The van der Waals surface area contributed by atoms with Crippen molar-refractivity contribution in [2.45, 2.75) is 6.92 Å². The van der Waals surface area contributed by atoms with Crippen molar-refractivity contribution in [2.75, 3.05) is 0 Å². The summed E-state index contributed by atoms with van der Waals surface area (Å²) >= 11 is 6.29. The highest BCUT2D eigenvalue weighted by molar-refractivity contribution is 6.33. The number of carbonyl (C=O) groups is 1. The van der Waals surface area contributed by atoms with Crippen molar-refractivity contribution in [1.29, 1.82) is 0 Å². The lowest BCUT2D eigenvalue weighted by atomic mass is 10.1. The van der Waals surface area contributed by atoms with E-state index in [4.69, 9.17) is 16.7 Å². The zero-order valence-electron chi connectivity index (χ0n) is 10.5. The Morgan fingerprint density at radius 3 is 2.80 bits per heavy atom. The lowest BCUT2D eigenvalue weighted by molar-refractivity contribution is 0.0696. The fourth-order valence-electron chi connectivity index (χ4n) is 2.02. The highest BCUT2D eigenvalue weighted by Gasteiger charge is 2.14. The van der Waals surface area contributed by atoms with Crippen LogP contribution in [0.4, 0.5) is 0 Å². The maximum Gasteiger partial charge on any atom is 0.337 e. The van der Waals surface area contributed by atoms with Gasteiger partial charge in [-0.1, -0.05) is 23.7 Å². The number of hydrogen-bond acceptors (Lipinski definition) is 3. The molecule has 0 fully saturated rings. The first-order valence-corrected chi connectivity index (χ1v) is 6.29. The smallest absolute Gasteiger partial charge is 0.337 e. The molecule has 2 aromatic heterocycles. The summed E-state index contributed by atoms with van der Waals surface area (Å²) in [4.78, 5) is 11.1. The molecule has 0 unspecified atom stereocenters. The quantitative estimate of drug-likeness (QED) is 0.786. The summed E-state index contributed by atoms with van der Waals surface area (Å²) < 4.78 is 1.63. The van der Waals surface area contributed by atoms with Crippen molar-refractivity contribution in [3.8, 4) is 11.4 Å². The van der Waals surface area contributed by atoms with E-state index in [1.54, 1.807) is 10.5 Å². The van der Waals surface area contributed by atoms with Crippen molar-refractivity contribution in [2.24, 2.45) is 0 Å². The van der Waals surface area contributed by atoms with Crippen molar-refractivity contribution in [1.82, 2.24) is 14.6 Å². The topological polar surface area (TPSA) is 67.5 Å². The number of rotatable bonds is 2. The van der Waals surface area contributed by atoms with Crippen LogP contribution in [-0.4, -0.2) is 25.7 Å². The van der Waals surface area contributed by atoms with Crippen molar-refractivity contribution in [3.05, 3.63) is 52.7 Å². The molecule has 0 bridgehead atoms. The Balaban J connectivity index is 2.28. The van der Waals surface area contributed by atoms with Gasteiger partial charge in [-0.3, -0.25) is 4.40 Å². The molecule has 20 heavy (non-hydrogen) atoms. The second-order valence-corrected chi connectivity index (χ2v) is 4.79. The minimum atomic E-state index is -0.998. The summed E-state index contributed by atoms with van der Waals surface area (Å²) in [6.45, 7) is 1.90. The summed E-state index contributed by atoms with van der Waals surface area (Å²) in [6, 6.07) is 8.72. The maximum atomic E-state index is 11.1. The summed E-state index contributed by atoms with van der Waals surface area (Å²) in [7, 11) is 0. The third kappa shape index (κ3) is 1.92. The molecule has 0 spiro atoms. The molecule has 0 radical (unpaired) electrons. The van der Waals surface area contributed by atoms with Crippen molar-refractivity contribution >= 4 is 23.2 Å². The summed E-state index contributed by atoms with van der Waals surface area (Å²) in [5.41, 5.74) is 2.39. The first kappa shape index (κ1) is 12.6. The van der Waals surface area contributed by atoms with Gasteiger partial charge in [0.1, 0.15) is 0 Å². The van der Waals surface area contributed by atoms with E-state index in [-0.39, 0.29) is 5.56 Å². The molecule has 0 aliphatic heterocycles. The molecular formula is C14H10ClN3O2. The minimum absolute atomic E-state index is 0.169. The average Bonchev–Trinajstić information content (AvgIpc) is 2.84. The molecule has 1 N–H and O–H groups in total. The Kier molecular flexibility index (Phi) is 2.91. The van der Waals surface area contributed by atoms with Crippen LogP contribution in [0.25, 0.3) is 17.0 Å². The Bertz CT molecular complexity index is 826. The van der Waals surface area contributed by atoms with Crippen LogP contribution in [0.3, 0.4) is 0 Å². The minimum Gasteiger partial charge on any atom is -0.478 e. The van der Waals surface area contributed by atoms with Gasteiger partial charge in [0.2, 0.25) is 0 Å². The number of carboxylic acid groups (broad SMARTS) is 1. The van der Waals surface area contributed by atoms with Gasteiger partial charge in [-0.15, -0.1) is 10.2 Å². The SMILES string of the molecule is Cc1cccc(-c2nnc3ccc(C(=O)O)cn23)c1Cl. The van der Waals surface area contributed by atoms with Crippen LogP contribution in [0.5, 0.6) is 0 Å². The molecule has 5 nitrogen and oxygen atoms in total. The first-order chi connectivity index (χ1) is 9.58. The monoisotopic (exact) mass is 287 g/mol. The number of fused-ring (bicyclic) bond motifs is 1. The van der Waals surface area contributed by atoms with E-state index in [1.807, 2.05) is 25.1 Å². The number of aromatic carboxylic acids is 1. The van der Waals surface area contributed by atoms with Crippen LogP contribution < -0.4 is 0 Å². The third-order valence-electron chi connectivity index (χ3n) is 3.08. The number of aryl methyl sites for hydroxylation is 1. The van der Waals surface area contributed by atoms with Crippen molar-refractivity contribution in [3.63, 3.8) is 0 Å². The molecule has 0 amide bonds. The van der Waals surface area contributed by atoms with E-state index in [0.717, 1.165) is 11.1 Å². The van der Waals surface area contributed by atoms with Crippen LogP contribution in [0.15, 0.2) is 36.5 Å². The normalized spacial score (nSPS) is 10.9. The van der Waals surface area contributed by atoms with Gasteiger partial charge in [0.25, 0.3) is 0 Å². The summed E-state index contributed by atoms with van der Waals surface area (Å²) in [6.07, 6.45) is 1.49. The van der Waals surface area contributed by atoms with E-state index < -0.39 is 5.97 Å². The highest BCUT2D eigenvalue weighted by atomic mass is 35.5. The Morgan fingerprint density at radius 1 is 1.25 bits per heavy atom. The molecule has 3 rings (SSSR count). The Morgan fingerprint density at radius 2 is 2.05 bits per heavy atom. The van der Waals surface area contributed by atoms with Gasteiger partial charge in [-0.05, 0) is 30.7 Å². The molecule has 0 atom stereocenters. The molecular weight excluding hydrogens is 278 g/mol. The maximum absolute atomic E-state index is 11.1. The average molecular weight is 288 g/mol. The zero-order valence-corrected chi connectivity index (χ0v) is 11.3. The number of aromatic nitrogens is 3. The third-order valence-corrected chi connectivity index (χ3v) is 3.58. The number of carboxylic acids is 1. The fraction of sp³-hybridized carbons (Fsp3) is 0.0714. The highest BCUT2D eigenvalue weighted by Crippen LogP contribution is 2.29. The van der Waals surface area contributed by atoms with Gasteiger partial charge in [-0.25, -0.2) is 4.79 Å². The Hall–Kier alpha value is -2.40. The molecule has 100 valence electrons. The predicted molar refractivity (Wildman–Crippen MR) is 75.1 cm³/mol. The lowest BCUT2D eigenvalue weighted by Gasteiger charge is -2.05. The van der Waals surface area contributed by atoms with Gasteiger partial charge in [0.05, 0.1) is 10.6 Å².